The highest BCUT2D eigenvalue weighted by atomic mass is 28.4. The van der Waals surface area contributed by atoms with Crippen molar-refractivity contribution in [1.82, 2.24) is 0 Å². The lowest BCUT2D eigenvalue weighted by Crippen LogP contribution is -2.42. The van der Waals surface area contributed by atoms with Crippen LogP contribution in [0.15, 0.2) is 0 Å². The summed E-state index contributed by atoms with van der Waals surface area (Å²) in [5, 5.41) is 0. The molecule has 1 heterocycles. The Kier molecular flexibility index (Phi) is 9.67. The van der Waals surface area contributed by atoms with Gasteiger partial charge in [-0.25, -0.2) is 0 Å². The quantitative estimate of drug-likeness (QED) is 0.280. The Morgan fingerprint density at radius 3 is 2.10 bits per heavy atom. The number of rotatable bonds is 14. The molecule has 6 heteroatoms. The molecular weight excluding hydrogens is 276 g/mol. The first-order valence-electron chi connectivity index (χ1n) is 7.61. The monoisotopic (exact) mass is 306 g/mol. The van der Waals surface area contributed by atoms with Gasteiger partial charge in [-0.15, -0.1) is 0 Å². The molecule has 1 rings (SSSR count). The molecule has 120 valence electrons. The molecule has 1 unspecified atom stereocenters. The topological polar surface area (TPSA) is 49.5 Å². The van der Waals surface area contributed by atoms with Crippen molar-refractivity contribution in [3.05, 3.63) is 0 Å². The molecule has 0 radical (unpaired) electrons. The minimum Gasteiger partial charge on any atom is -0.381 e. The van der Waals surface area contributed by atoms with Crippen LogP contribution in [-0.2, 0) is 22.8 Å². The first-order chi connectivity index (χ1) is 9.76. The summed E-state index contributed by atoms with van der Waals surface area (Å²) in [5.74, 6) is 0. The molecule has 0 aromatic carbocycles. The summed E-state index contributed by atoms with van der Waals surface area (Å²) in [6.07, 6.45) is 7.37. The van der Waals surface area contributed by atoms with E-state index in [0.717, 1.165) is 51.5 Å². The maximum atomic E-state index is 5.60. The molecule has 20 heavy (non-hydrogen) atoms. The van der Waals surface area contributed by atoms with E-state index in [1.54, 1.807) is 21.3 Å². The van der Waals surface area contributed by atoms with E-state index in [-0.39, 0.29) is 0 Å². The predicted molar refractivity (Wildman–Crippen MR) is 79.8 cm³/mol. The Hall–Kier alpha value is 0.0169. The summed E-state index contributed by atoms with van der Waals surface area (Å²) >= 11 is 0. The molecule has 0 aromatic heterocycles. The van der Waals surface area contributed by atoms with E-state index in [1.165, 1.54) is 12.8 Å². The van der Waals surface area contributed by atoms with Crippen LogP contribution in [0.2, 0.25) is 6.04 Å². The first-order valence-corrected chi connectivity index (χ1v) is 9.54. The van der Waals surface area contributed by atoms with E-state index in [9.17, 15) is 0 Å². The van der Waals surface area contributed by atoms with Crippen molar-refractivity contribution in [3.63, 3.8) is 0 Å². The smallest absolute Gasteiger partial charge is 0.381 e. The minimum atomic E-state index is -2.35. The molecule has 0 N–H and O–H groups in total. The van der Waals surface area contributed by atoms with Gasteiger partial charge in [0.05, 0.1) is 12.7 Å². The molecule has 0 aliphatic carbocycles. The fourth-order valence-corrected chi connectivity index (χ4v) is 4.00. The van der Waals surface area contributed by atoms with Crippen LogP contribution in [0.4, 0.5) is 0 Å². The second-order valence-electron chi connectivity index (χ2n) is 5.17. The van der Waals surface area contributed by atoms with E-state index < -0.39 is 8.80 Å². The summed E-state index contributed by atoms with van der Waals surface area (Å²) in [6.45, 7) is 2.69. The Morgan fingerprint density at radius 2 is 1.50 bits per heavy atom. The number of hydrogen-bond acceptors (Lipinski definition) is 5. The normalized spacial score (nSPS) is 18.4. The van der Waals surface area contributed by atoms with Crippen LogP contribution in [0.1, 0.15) is 38.5 Å². The molecule has 1 aliphatic rings. The molecule has 0 amide bonds. The minimum absolute atomic E-state index is 0.533. The van der Waals surface area contributed by atoms with Gasteiger partial charge < -0.3 is 22.8 Å². The summed E-state index contributed by atoms with van der Waals surface area (Å²) < 4.78 is 26.9. The molecule has 0 aromatic rings. The van der Waals surface area contributed by atoms with Crippen LogP contribution in [0.3, 0.4) is 0 Å². The van der Waals surface area contributed by atoms with Gasteiger partial charge in [-0.05, 0) is 25.7 Å². The summed E-state index contributed by atoms with van der Waals surface area (Å²) in [4.78, 5) is 0. The molecule has 0 bridgehead atoms. The van der Waals surface area contributed by atoms with Gasteiger partial charge >= 0.3 is 8.80 Å². The number of unbranched alkanes of at least 4 members (excludes halogenated alkanes) is 3. The molecule has 1 saturated heterocycles. The molecule has 5 nitrogen and oxygen atoms in total. The molecular formula is C14H30O5Si. The molecule has 1 aliphatic heterocycles. The summed E-state index contributed by atoms with van der Waals surface area (Å²) in [5.41, 5.74) is 0. The fraction of sp³-hybridized carbons (Fsp3) is 1.00. The molecule has 0 saturated carbocycles. The Balaban J connectivity index is 1.83. The van der Waals surface area contributed by atoms with E-state index >= 15 is 0 Å². The van der Waals surface area contributed by atoms with Crippen LogP contribution in [-0.4, -0.2) is 56.1 Å². The van der Waals surface area contributed by atoms with Gasteiger partial charge in [0, 0.05) is 40.6 Å². The van der Waals surface area contributed by atoms with Crippen molar-refractivity contribution in [2.45, 2.75) is 50.7 Å². The van der Waals surface area contributed by atoms with Gasteiger partial charge in [0.1, 0.15) is 0 Å². The van der Waals surface area contributed by atoms with Crippen LogP contribution in [0.5, 0.6) is 0 Å². The zero-order valence-corrected chi connectivity index (χ0v) is 14.2. The van der Waals surface area contributed by atoms with E-state index in [2.05, 4.69) is 0 Å². The lowest BCUT2D eigenvalue weighted by atomic mass is 10.2. The van der Waals surface area contributed by atoms with Gasteiger partial charge in [-0.1, -0.05) is 12.8 Å². The highest BCUT2D eigenvalue weighted by Crippen LogP contribution is 2.18. The van der Waals surface area contributed by atoms with Gasteiger partial charge in [-0.2, -0.15) is 0 Å². The Bertz CT molecular complexity index is 223. The third-order valence-electron chi connectivity index (χ3n) is 3.67. The Labute approximate surface area is 124 Å². The van der Waals surface area contributed by atoms with Gasteiger partial charge in [0.2, 0.25) is 0 Å². The largest absolute Gasteiger partial charge is 0.500 e. The zero-order valence-electron chi connectivity index (χ0n) is 13.2. The van der Waals surface area contributed by atoms with Crippen molar-refractivity contribution >= 4 is 8.80 Å². The average Bonchev–Trinajstić information content (AvgIpc) is 3.30. The highest BCUT2D eigenvalue weighted by molar-refractivity contribution is 6.60. The third-order valence-corrected chi connectivity index (χ3v) is 6.50. The summed E-state index contributed by atoms with van der Waals surface area (Å²) in [7, 11) is 2.65. The number of ether oxygens (including phenoxy) is 2. The van der Waals surface area contributed by atoms with Crippen molar-refractivity contribution in [3.8, 4) is 0 Å². The van der Waals surface area contributed by atoms with E-state index in [4.69, 9.17) is 22.8 Å². The van der Waals surface area contributed by atoms with Crippen molar-refractivity contribution < 1.29 is 22.8 Å². The summed E-state index contributed by atoms with van der Waals surface area (Å²) in [6, 6.07) is 0.888. The van der Waals surface area contributed by atoms with Crippen molar-refractivity contribution in [1.29, 1.82) is 0 Å². The van der Waals surface area contributed by atoms with Crippen LogP contribution in [0, 0.1) is 0 Å². The predicted octanol–water partition coefficient (Wildman–Crippen LogP) is 2.62. The maximum absolute atomic E-state index is 5.60. The maximum Gasteiger partial charge on any atom is 0.500 e. The highest BCUT2D eigenvalue weighted by Gasteiger charge is 2.36. The number of epoxide rings is 1. The molecule has 1 atom stereocenters. The lowest BCUT2D eigenvalue weighted by Gasteiger charge is -2.24. The zero-order chi connectivity index (χ0) is 14.7. The average molecular weight is 306 g/mol. The van der Waals surface area contributed by atoms with Crippen LogP contribution in [0.25, 0.3) is 0 Å². The molecule has 1 fully saturated rings. The second-order valence-corrected chi connectivity index (χ2v) is 8.26. The van der Waals surface area contributed by atoms with Gasteiger partial charge in [0.25, 0.3) is 0 Å². The standard InChI is InChI=1S/C14H30O5Si/c1-15-20(16-2,17-3)12-7-5-4-6-10-18-11-8-9-14-13-19-14/h14H,4-13H2,1-3H3. The fourth-order valence-electron chi connectivity index (χ4n) is 2.21. The van der Waals surface area contributed by atoms with E-state index in [1.807, 2.05) is 0 Å². The SMILES string of the molecule is CO[Si](CCCCCCOCCCC1CO1)(OC)OC. The molecule has 0 spiro atoms. The van der Waals surface area contributed by atoms with Gasteiger partial charge in [0.15, 0.2) is 0 Å². The Morgan fingerprint density at radius 1 is 0.900 bits per heavy atom. The number of hydrogen-bond donors (Lipinski definition) is 0. The van der Waals surface area contributed by atoms with Crippen LogP contribution < -0.4 is 0 Å². The second kappa shape index (κ2) is 10.7. The lowest BCUT2D eigenvalue weighted by molar-refractivity contribution is 0.120. The van der Waals surface area contributed by atoms with Crippen molar-refractivity contribution in [2.75, 3.05) is 41.2 Å². The van der Waals surface area contributed by atoms with Gasteiger partial charge in [-0.3, -0.25) is 0 Å². The van der Waals surface area contributed by atoms with Crippen molar-refractivity contribution in [2.24, 2.45) is 0 Å². The first kappa shape index (κ1) is 18.1. The van der Waals surface area contributed by atoms with Crippen LogP contribution >= 0.6 is 0 Å². The van der Waals surface area contributed by atoms with E-state index in [0.29, 0.717) is 6.10 Å². The third kappa shape index (κ3) is 7.71.